The SMILES string of the molecule is CCCNC(=O)CN1CCC(NC(=NCC2(C)COC2)NCC)CC1.I. The molecule has 2 fully saturated rings. The maximum absolute atomic E-state index is 11.8. The van der Waals surface area contributed by atoms with Gasteiger partial charge in [-0.15, -0.1) is 24.0 Å². The molecule has 2 rings (SSSR count). The van der Waals surface area contributed by atoms with E-state index in [1.807, 2.05) is 0 Å². The van der Waals surface area contributed by atoms with Gasteiger partial charge < -0.3 is 20.7 Å². The molecule has 0 bridgehead atoms. The number of nitrogens with one attached hydrogen (secondary N) is 3. The first-order valence-corrected chi connectivity index (χ1v) is 9.66. The van der Waals surface area contributed by atoms with E-state index in [-0.39, 0.29) is 35.3 Å². The van der Waals surface area contributed by atoms with Crippen LogP contribution in [0, 0.1) is 5.41 Å². The minimum Gasteiger partial charge on any atom is -0.380 e. The number of halogens is 1. The Balaban J connectivity index is 0.00000338. The van der Waals surface area contributed by atoms with Crippen molar-refractivity contribution in [2.45, 2.75) is 46.1 Å². The third kappa shape index (κ3) is 7.96. The lowest BCUT2D eigenvalue weighted by Crippen LogP contribution is -2.51. The average molecular weight is 481 g/mol. The van der Waals surface area contributed by atoms with Gasteiger partial charge in [0.05, 0.1) is 26.3 Å². The van der Waals surface area contributed by atoms with E-state index >= 15 is 0 Å². The molecule has 0 aromatic carbocycles. The first-order chi connectivity index (χ1) is 12.0. The number of guanidine groups is 1. The first kappa shape index (κ1) is 23.4. The standard InChI is InChI=1S/C18H35N5O2.HI/c1-4-8-20-16(24)11-23-9-6-15(7-10-23)22-17(19-5-2)21-12-18(3)13-25-14-18;/h15H,4-14H2,1-3H3,(H,20,24)(H2,19,21,22);1H. The number of hydrogen-bond donors (Lipinski definition) is 3. The van der Waals surface area contributed by atoms with Gasteiger partial charge in [0, 0.05) is 37.6 Å². The summed E-state index contributed by atoms with van der Waals surface area (Å²) in [5.74, 6) is 1.04. The van der Waals surface area contributed by atoms with Crippen LogP contribution in [0.15, 0.2) is 4.99 Å². The van der Waals surface area contributed by atoms with Crippen molar-refractivity contribution < 1.29 is 9.53 Å². The van der Waals surface area contributed by atoms with Gasteiger partial charge in [0.2, 0.25) is 5.91 Å². The van der Waals surface area contributed by atoms with Crippen LogP contribution in [0.5, 0.6) is 0 Å². The summed E-state index contributed by atoms with van der Waals surface area (Å²) in [5.41, 5.74) is 0.192. The Hall–Kier alpha value is -0.610. The molecule has 0 saturated carbocycles. The van der Waals surface area contributed by atoms with Gasteiger partial charge in [-0.05, 0) is 26.2 Å². The van der Waals surface area contributed by atoms with E-state index in [0.717, 1.165) is 71.2 Å². The van der Waals surface area contributed by atoms with Gasteiger partial charge in [-0.2, -0.15) is 0 Å². The number of piperidine rings is 1. The number of aliphatic imine (C=N–C) groups is 1. The summed E-state index contributed by atoms with van der Waals surface area (Å²) in [4.78, 5) is 18.8. The molecule has 0 aromatic heterocycles. The molecule has 0 atom stereocenters. The fourth-order valence-corrected chi connectivity index (χ4v) is 3.08. The summed E-state index contributed by atoms with van der Waals surface area (Å²) in [6, 6.07) is 0.415. The van der Waals surface area contributed by atoms with Crippen molar-refractivity contribution in [1.29, 1.82) is 0 Å². The van der Waals surface area contributed by atoms with Crippen LogP contribution in [0.25, 0.3) is 0 Å². The zero-order valence-electron chi connectivity index (χ0n) is 16.5. The molecule has 7 nitrogen and oxygen atoms in total. The lowest BCUT2D eigenvalue weighted by Gasteiger charge is -2.37. The van der Waals surface area contributed by atoms with E-state index in [4.69, 9.17) is 9.73 Å². The van der Waals surface area contributed by atoms with Crippen molar-refractivity contribution in [3.8, 4) is 0 Å². The molecule has 152 valence electrons. The molecule has 0 unspecified atom stereocenters. The number of rotatable bonds is 8. The number of hydrogen-bond acceptors (Lipinski definition) is 4. The molecule has 1 amide bonds. The molecule has 2 heterocycles. The highest BCUT2D eigenvalue weighted by Gasteiger charge is 2.33. The minimum absolute atomic E-state index is 0. The molecule has 0 aliphatic carbocycles. The number of carbonyl (C=O) groups excluding carboxylic acids is 1. The number of nitrogens with zero attached hydrogens (tertiary/aromatic N) is 2. The molecular weight excluding hydrogens is 445 g/mol. The molecule has 2 aliphatic rings. The summed E-state index contributed by atoms with van der Waals surface area (Å²) in [6.07, 6.45) is 3.05. The van der Waals surface area contributed by atoms with E-state index in [9.17, 15) is 4.79 Å². The van der Waals surface area contributed by atoms with Crippen LogP contribution < -0.4 is 16.0 Å². The Morgan fingerprint density at radius 1 is 1.23 bits per heavy atom. The largest absolute Gasteiger partial charge is 0.380 e. The normalized spacial score (nSPS) is 20.7. The van der Waals surface area contributed by atoms with Crippen LogP contribution >= 0.6 is 24.0 Å². The quantitative estimate of drug-likeness (QED) is 0.276. The summed E-state index contributed by atoms with van der Waals surface area (Å²) in [6.45, 7) is 12.8. The summed E-state index contributed by atoms with van der Waals surface area (Å²) in [5, 5.41) is 9.84. The number of ether oxygens (including phenoxy) is 1. The lowest BCUT2D eigenvalue weighted by atomic mass is 9.89. The molecule has 0 aromatic rings. The topological polar surface area (TPSA) is 78.0 Å². The van der Waals surface area contributed by atoms with Crippen molar-refractivity contribution in [2.24, 2.45) is 10.4 Å². The van der Waals surface area contributed by atoms with Crippen LogP contribution in [0.4, 0.5) is 0 Å². The zero-order chi connectivity index (χ0) is 18.1. The Bertz CT molecular complexity index is 449. The minimum atomic E-state index is 0. The molecule has 3 N–H and O–H groups in total. The van der Waals surface area contributed by atoms with Crippen molar-refractivity contribution in [3.63, 3.8) is 0 Å². The second kappa shape index (κ2) is 12.0. The van der Waals surface area contributed by atoms with Crippen LogP contribution in [-0.4, -0.2) is 75.3 Å². The maximum Gasteiger partial charge on any atom is 0.234 e. The van der Waals surface area contributed by atoms with Gasteiger partial charge in [0.15, 0.2) is 5.96 Å². The Morgan fingerprint density at radius 3 is 2.46 bits per heavy atom. The molecular formula is C18H36IN5O2. The van der Waals surface area contributed by atoms with E-state index in [1.54, 1.807) is 0 Å². The molecule has 0 radical (unpaired) electrons. The zero-order valence-corrected chi connectivity index (χ0v) is 18.8. The predicted octanol–water partition coefficient (Wildman–Crippen LogP) is 1.19. The van der Waals surface area contributed by atoms with Crippen LogP contribution in [0.1, 0.15) is 40.0 Å². The molecule has 2 saturated heterocycles. The highest BCUT2D eigenvalue weighted by molar-refractivity contribution is 14.0. The number of likely N-dealkylation sites (tertiary alicyclic amines) is 1. The highest BCUT2D eigenvalue weighted by atomic mass is 127. The summed E-state index contributed by atoms with van der Waals surface area (Å²) < 4.78 is 5.30. The van der Waals surface area contributed by atoms with Gasteiger partial charge in [-0.1, -0.05) is 13.8 Å². The average Bonchev–Trinajstić information content (AvgIpc) is 2.58. The van der Waals surface area contributed by atoms with Gasteiger partial charge in [-0.3, -0.25) is 14.7 Å². The van der Waals surface area contributed by atoms with E-state index in [1.165, 1.54) is 0 Å². The second-order valence-electron chi connectivity index (χ2n) is 7.54. The fourth-order valence-electron chi connectivity index (χ4n) is 3.08. The maximum atomic E-state index is 11.8. The van der Waals surface area contributed by atoms with Crippen molar-refractivity contribution in [2.75, 3.05) is 52.5 Å². The van der Waals surface area contributed by atoms with Crippen molar-refractivity contribution >= 4 is 35.8 Å². The Morgan fingerprint density at radius 2 is 1.92 bits per heavy atom. The Kier molecular flexibility index (Phi) is 10.8. The number of amides is 1. The molecule has 2 aliphatic heterocycles. The van der Waals surface area contributed by atoms with Gasteiger partial charge in [0.25, 0.3) is 0 Å². The van der Waals surface area contributed by atoms with Crippen molar-refractivity contribution in [3.05, 3.63) is 0 Å². The van der Waals surface area contributed by atoms with Crippen molar-refractivity contribution in [1.82, 2.24) is 20.9 Å². The first-order valence-electron chi connectivity index (χ1n) is 9.66. The third-order valence-corrected chi connectivity index (χ3v) is 4.73. The fraction of sp³-hybridized carbons (Fsp3) is 0.889. The smallest absolute Gasteiger partial charge is 0.234 e. The highest BCUT2D eigenvalue weighted by Crippen LogP contribution is 2.26. The predicted molar refractivity (Wildman–Crippen MR) is 116 cm³/mol. The van der Waals surface area contributed by atoms with E-state index in [2.05, 4.69) is 41.6 Å². The van der Waals surface area contributed by atoms with E-state index < -0.39 is 0 Å². The second-order valence-corrected chi connectivity index (χ2v) is 7.54. The lowest BCUT2D eigenvalue weighted by molar-refractivity contribution is -0.122. The van der Waals surface area contributed by atoms with Crippen LogP contribution in [-0.2, 0) is 9.53 Å². The Labute approximate surface area is 175 Å². The van der Waals surface area contributed by atoms with Crippen LogP contribution in [0.3, 0.4) is 0 Å². The number of carbonyl (C=O) groups is 1. The summed E-state index contributed by atoms with van der Waals surface area (Å²) in [7, 11) is 0. The van der Waals surface area contributed by atoms with Gasteiger partial charge >= 0.3 is 0 Å². The van der Waals surface area contributed by atoms with E-state index in [0.29, 0.717) is 12.6 Å². The molecule has 26 heavy (non-hydrogen) atoms. The van der Waals surface area contributed by atoms with Crippen LogP contribution in [0.2, 0.25) is 0 Å². The monoisotopic (exact) mass is 481 g/mol. The third-order valence-electron chi connectivity index (χ3n) is 4.73. The molecule has 8 heteroatoms. The summed E-state index contributed by atoms with van der Waals surface area (Å²) >= 11 is 0. The van der Waals surface area contributed by atoms with Gasteiger partial charge in [0.1, 0.15) is 0 Å². The molecule has 0 spiro atoms. The van der Waals surface area contributed by atoms with Gasteiger partial charge in [-0.25, -0.2) is 0 Å².